The number of aliphatic hydroxyl groups excluding tert-OH is 5. The summed E-state index contributed by atoms with van der Waals surface area (Å²) in [5, 5.41) is 54.7. The summed E-state index contributed by atoms with van der Waals surface area (Å²) in [7, 11) is 0. The number of nitrogens with one attached hydrogen (secondary N) is 1. The van der Waals surface area contributed by atoms with Crippen molar-refractivity contribution in [3.8, 4) is 0 Å². The minimum atomic E-state index is -1.59. The average molecular weight is 1140 g/mol. The molecule has 1 heterocycles. The maximum absolute atomic E-state index is 13.1. The van der Waals surface area contributed by atoms with Crippen LogP contribution in [0.15, 0.2) is 134 Å². The van der Waals surface area contributed by atoms with Crippen molar-refractivity contribution in [3.05, 3.63) is 134 Å². The van der Waals surface area contributed by atoms with Gasteiger partial charge in [-0.05, 0) is 109 Å². The first-order valence-electron chi connectivity index (χ1n) is 33.4. The topological polar surface area (TPSA) is 149 Å². The molecule has 0 bridgehead atoms. The van der Waals surface area contributed by atoms with Crippen molar-refractivity contribution in [1.29, 1.82) is 0 Å². The van der Waals surface area contributed by atoms with E-state index in [-0.39, 0.29) is 12.5 Å². The van der Waals surface area contributed by atoms with Gasteiger partial charge in [0.1, 0.15) is 24.4 Å². The molecule has 0 aliphatic carbocycles. The molecule has 7 unspecified atom stereocenters. The lowest BCUT2D eigenvalue weighted by Gasteiger charge is -2.40. The first kappa shape index (κ1) is 76.3. The summed E-state index contributed by atoms with van der Waals surface area (Å²) in [4.78, 5) is 13.1. The molecule has 1 aliphatic heterocycles. The van der Waals surface area contributed by atoms with E-state index in [1.807, 2.05) is 6.08 Å². The maximum Gasteiger partial charge on any atom is 0.220 e. The molecular weight excluding hydrogens is 1020 g/mol. The Hall–Kier alpha value is -3.67. The van der Waals surface area contributed by atoms with Crippen LogP contribution in [0.3, 0.4) is 0 Å². The van der Waals surface area contributed by atoms with Crippen molar-refractivity contribution < 1.29 is 39.8 Å². The van der Waals surface area contributed by atoms with Crippen molar-refractivity contribution in [2.24, 2.45) is 0 Å². The van der Waals surface area contributed by atoms with E-state index in [1.165, 1.54) is 116 Å². The second kappa shape index (κ2) is 60.5. The molecule has 1 saturated heterocycles. The Labute approximate surface area is 502 Å². The van der Waals surface area contributed by atoms with E-state index in [0.29, 0.717) is 6.42 Å². The summed E-state index contributed by atoms with van der Waals surface area (Å²) < 4.78 is 11.3. The Morgan fingerprint density at radius 1 is 0.427 bits per heavy atom. The Morgan fingerprint density at radius 3 is 1.17 bits per heavy atom. The molecule has 0 radical (unpaired) electrons. The van der Waals surface area contributed by atoms with E-state index < -0.39 is 49.5 Å². The predicted molar refractivity (Wildman–Crippen MR) is 350 cm³/mol. The zero-order chi connectivity index (χ0) is 59.3. The van der Waals surface area contributed by atoms with Crippen LogP contribution in [0.25, 0.3) is 0 Å². The molecule has 1 aliphatic rings. The molecule has 82 heavy (non-hydrogen) atoms. The van der Waals surface area contributed by atoms with Gasteiger partial charge < -0.3 is 40.3 Å². The van der Waals surface area contributed by atoms with E-state index in [9.17, 15) is 30.3 Å². The SMILES string of the molecule is CC/C=C\C/C=C\C/C=C\C/C=C\C/C=C\C/C=C\C/C=C\C/C=C\CCCCCCCCC(=O)NC(COC1OC(CO)C(O)C(O)C1O)C(O)/C=C/CC/C=C/CC/C=C/CCCCCCCCCCCCCCCCCCCC. The number of allylic oxidation sites excluding steroid dienone is 21. The molecule has 9 heteroatoms. The van der Waals surface area contributed by atoms with E-state index >= 15 is 0 Å². The first-order valence-corrected chi connectivity index (χ1v) is 33.4. The van der Waals surface area contributed by atoms with Crippen LogP contribution in [0.2, 0.25) is 0 Å². The van der Waals surface area contributed by atoms with Gasteiger partial charge in [-0.15, -0.1) is 0 Å². The van der Waals surface area contributed by atoms with Gasteiger partial charge in [0, 0.05) is 6.42 Å². The molecule has 468 valence electrons. The minimum absolute atomic E-state index is 0.209. The molecule has 0 aromatic heterocycles. The fraction of sp³-hybridized carbons (Fsp3) is 0.685. The van der Waals surface area contributed by atoms with Crippen molar-refractivity contribution >= 4 is 5.91 Å². The number of aliphatic hydroxyl groups is 5. The second-order valence-electron chi connectivity index (χ2n) is 22.5. The van der Waals surface area contributed by atoms with Crippen molar-refractivity contribution in [3.63, 3.8) is 0 Å². The van der Waals surface area contributed by atoms with Crippen LogP contribution >= 0.6 is 0 Å². The van der Waals surface area contributed by atoms with Gasteiger partial charge in [0.2, 0.25) is 5.91 Å². The van der Waals surface area contributed by atoms with Crippen LogP contribution < -0.4 is 5.32 Å². The van der Waals surface area contributed by atoms with Crippen LogP contribution in [0.1, 0.15) is 264 Å². The van der Waals surface area contributed by atoms with Crippen LogP contribution in [-0.2, 0) is 14.3 Å². The van der Waals surface area contributed by atoms with E-state index in [2.05, 4.69) is 141 Å². The van der Waals surface area contributed by atoms with Gasteiger partial charge in [0.25, 0.3) is 0 Å². The van der Waals surface area contributed by atoms with Gasteiger partial charge in [0.15, 0.2) is 6.29 Å². The van der Waals surface area contributed by atoms with Crippen molar-refractivity contribution in [2.75, 3.05) is 13.2 Å². The lowest BCUT2D eigenvalue weighted by atomic mass is 9.99. The molecule has 0 aromatic rings. The Morgan fingerprint density at radius 2 is 0.768 bits per heavy atom. The maximum atomic E-state index is 13.1. The number of ether oxygens (including phenoxy) is 2. The molecule has 0 saturated carbocycles. The number of unbranched alkanes of at least 4 members (excludes halogenated alkanes) is 26. The van der Waals surface area contributed by atoms with E-state index in [4.69, 9.17) is 9.47 Å². The zero-order valence-corrected chi connectivity index (χ0v) is 52.2. The van der Waals surface area contributed by atoms with Crippen LogP contribution in [0.5, 0.6) is 0 Å². The predicted octanol–water partition coefficient (Wildman–Crippen LogP) is 18.0. The quantitative estimate of drug-likeness (QED) is 0.0261. The molecule has 1 rings (SSSR count). The Kier molecular flexibility index (Phi) is 56.3. The van der Waals surface area contributed by atoms with Crippen LogP contribution in [0.4, 0.5) is 0 Å². The molecule has 9 nitrogen and oxygen atoms in total. The monoisotopic (exact) mass is 1140 g/mol. The minimum Gasteiger partial charge on any atom is -0.394 e. The smallest absolute Gasteiger partial charge is 0.220 e. The zero-order valence-electron chi connectivity index (χ0n) is 52.2. The summed E-state index contributed by atoms with van der Waals surface area (Å²) in [5.74, 6) is -0.209. The summed E-state index contributed by atoms with van der Waals surface area (Å²) in [6.07, 6.45) is 85.4. The van der Waals surface area contributed by atoms with E-state index in [1.54, 1.807) is 6.08 Å². The van der Waals surface area contributed by atoms with Gasteiger partial charge in [0.05, 0.1) is 25.4 Å². The highest BCUT2D eigenvalue weighted by molar-refractivity contribution is 5.76. The van der Waals surface area contributed by atoms with Crippen molar-refractivity contribution in [1.82, 2.24) is 5.32 Å². The number of carbonyl (C=O) groups excluding carboxylic acids is 1. The highest BCUT2D eigenvalue weighted by Gasteiger charge is 2.44. The molecule has 0 spiro atoms. The van der Waals surface area contributed by atoms with Gasteiger partial charge >= 0.3 is 0 Å². The first-order chi connectivity index (χ1) is 40.3. The van der Waals surface area contributed by atoms with Gasteiger partial charge in [-0.1, -0.05) is 282 Å². The highest BCUT2D eigenvalue weighted by atomic mass is 16.7. The van der Waals surface area contributed by atoms with Gasteiger partial charge in [-0.2, -0.15) is 0 Å². The molecular formula is C73H123NO8. The second-order valence-corrected chi connectivity index (χ2v) is 22.5. The molecule has 1 amide bonds. The molecule has 0 aromatic carbocycles. The Bertz CT molecular complexity index is 1750. The number of hydrogen-bond donors (Lipinski definition) is 6. The van der Waals surface area contributed by atoms with Gasteiger partial charge in [-0.25, -0.2) is 0 Å². The van der Waals surface area contributed by atoms with Gasteiger partial charge in [-0.3, -0.25) is 4.79 Å². The molecule has 7 atom stereocenters. The van der Waals surface area contributed by atoms with Crippen molar-refractivity contribution in [2.45, 2.75) is 307 Å². The number of hydrogen-bond acceptors (Lipinski definition) is 8. The van der Waals surface area contributed by atoms with Crippen LogP contribution in [-0.4, -0.2) is 87.5 Å². The third kappa shape index (κ3) is 48.7. The lowest BCUT2D eigenvalue weighted by Crippen LogP contribution is -2.60. The van der Waals surface area contributed by atoms with Crippen LogP contribution in [0, 0.1) is 0 Å². The summed E-state index contributed by atoms with van der Waals surface area (Å²) >= 11 is 0. The number of carbonyl (C=O) groups is 1. The fourth-order valence-corrected chi connectivity index (χ4v) is 9.73. The highest BCUT2D eigenvalue weighted by Crippen LogP contribution is 2.23. The third-order valence-corrected chi connectivity index (χ3v) is 14.9. The standard InChI is InChI=1S/C73H123NO8/c1-3-5-7-9-11-13-15-17-19-21-23-25-27-29-31-33-34-35-37-39-41-43-45-47-49-51-53-55-57-59-61-63-69(77)74-66(65-81-73-72(80)71(79)70(78)68(64-75)82-73)67(76)62-60-58-56-54-52-50-48-46-44-42-40-38-36-32-30-28-26-24-22-20-18-16-14-12-10-8-6-4-2/h5,7,11,13,17,19,23,25,29,31,34-35,39,41,44-47,52,54,60,62,66-68,70-73,75-76,78-80H,3-4,6,8-10,12,14-16,18,20-22,24,26-28,30,32-33,36-38,40,42-43,48-51,53,55-59,61,63-65H2,1-2H3,(H,74,77)/b7-5-,13-11-,19-17-,25-23-,31-29-,35-34-,41-39-,46-44+,47-45-,54-52+,62-60+. The number of amides is 1. The largest absolute Gasteiger partial charge is 0.394 e. The number of rotatable bonds is 56. The summed E-state index contributed by atoms with van der Waals surface area (Å²) in [6, 6.07) is -0.849. The van der Waals surface area contributed by atoms with E-state index in [0.717, 1.165) is 128 Å². The average Bonchev–Trinajstić information content (AvgIpc) is 3.52. The third-order valence-electron chi connectivity index (χ3n) is 14.9. The molecule has 1 fully saturated rings. The molecule has 6 N–H and O–H groups in total. The summed E-state index contributed by atoms with van der Waals surface area (Å²) in [6.45, 7) is 3.65. The summed E-state index contributed by atoms with van der Waals surface area (Å²) in [5.41, 5.74) is 0. The normalized spacial score (nSPS) is 19.2. The Balaban J connectivity index is 2.24. The fourth-order valence-electron chi connectivity index (χ4n) is 9.73. The lowest BCUT2D eigenvalue weighted by molar-refractivity contribution is -0.302.